The van der Waals surface area contributed by atoms with Gasteiger partial charge in [-0.2, -0.15) is 9.97 Å². The van der Waals surface area contributed by atoms with E-state index in [1.807, 2.05) is 12.1 Å². The van der Waals surface area contributed by atoms with Crippen LogP contribution >= 0.6 is 11.6 Å². The van der Waals surface area contributed by atoms with E-state index in [2.05, 4.69) is 40.5 Å². The van der Waals surface area contributed by atoms with Crippen LogP contribution in [0.2, 0.25) is 5.02 Å². The number of anilines is 6. The van der Waals surface area contributed by atoms with Gasteiger partial charge in [0.2, 0.25) is 21.9 Å². The van der Waals surface area contributed by atoms with Crippen molar-refractivity contribution in [2.24, 2.45) is 5.92 Å². The molecule has 0 radical (unpaired) electrons. The second-order valence-electron chi connectivity index (χ2n) is 10.7. The normalized spacial score (nSPS) is 17.8. The zero-order valence-corrected chi connectivity index (χ0v) is 26.0. The molecule has 0 saturated carbocycles. The second-order valence-corrected chi connectivity index (χ2v) is 12.9. The molecule has 2 fully saturated rings. The molecule has 44 heavy (non-hydrogen) atoms. The van der Waals surface area contributed by atoms with Crippen molar-refractivity contribution in [2.45, 2.75) is 18.9 Å². The highest BCUT2D eigenvalue weighted by molar-refractivity contribution is 7.92. The van der Waals surface area contributed by atoms with Crippen molar-refractivity contribution in [2.75, 3.05) is 66.4 Å². The van der Waals surface area contributed by atoms with E-state index in [0.717, 1.165) is 57.7 Å². The number of sulfonamides is 1. The minimum Gasteiger partial charge on any atom is -0.479 e. The van der Waals surface area contributed by atoms with Gasteiger partial charge in [0.1, 0.15) is 16.5 Å². The number of pyridine rings is 2. The van der Waals surface area contributed by atoms with Crippen LogP contribution in [0.4, 0.5) is 34.6 Å². The van der Waals surface area contributed by atoms with E-state index in [9.17, 15) is 8.42 Å². The van der Waals surface area contributed by atoms with Gasteiger partial charge < -0.3 is 30.3 Å². The monoisotopic (exact) mass is 639 g/mol. The van der Waals surface area contributed by atoms with Gasteiger partial charge in [-0.05, 0) is 55.2 Å². The van der Waals surface area contributed by atoms with Gasteiger partial charge in [-0.25, -0.2) is 13.4 Å². The lowest BCUT2D eigenvalue weighted by atomic mass is 9.90. The Bertz CT molecular complexity index is 1750. The quantitative estimate of drug-likeness (QED) is 0.208. The second kappa shape index (κ2) is 12.9. The summed E-state index contributed by atoms with van der Waals surface area (Å²) in [5.41, 5.74) is 1.98. The maximum atomic E-state index is 12.2. The average molecular weight is 640 g/mol. The maximum Gasteiger partial charge on any atom is 0.239 e. The SMILES string of the molecule is COc1nc(N2CCC(C3CNCCO3)CC2)ccc1Nc1ncc(Cl)c(Nc2ccc3ncccc3c2NS(C)(=O)=O)n1. The smallest absolute Gasteiger partial charge is 0.239 e. The number of nitrogens with one attached hydrogen (secondary N) is 4. The number of hydrogen-bond acceptors (Lipinski definition) is 12. The summed E-state index contributed by atoms with van der Waals surface area (Å²) in [6, 6.07) is 10.8. The molecule has 6 rings (SSSR count). The Labute approximate surface area is 260 Å². The first-order valence-corrected chi connectivity index (χ1v) is 16.6. The Morgan fingerprint density at radius 1 is 1.07 bits per heavy atom. The molecule has 2 aliphatic heterocycles. The maximum absolute atomic E-state index is 12.2. The first kappa shape index (κ1) is 30.1. The minimum absolute atomic E-state index is 0.241. The Balaban J connectivity index is 1.19. The molecule has 4 aromatic rings. The molecule has 2 saturated heterocycles. The summed E-state index contributed by atoms with van der Waals surface area (Å²) in [6.45, 7) is 4.40. The standard InChI is InChI=1S/C29H34ClN9O4S/c1-42-28-23(7-8-25(36-28)39-13-9-18(10-14-39)24-17-31-12-15-43-24)35-29-33-16-20(30)27(37-29)34-22-6-5-21-19(4-3-11-32-21)26(22)38-44(2,40)41/h3-8,11,16,18,24,31,38H,9-10,12-15,17H2,1-2H3,(H2,33,34,35,37). The zero-order chi connectivity index (χ0) is 30.7. The lowest BCUT2D eigenvalue weighted by Gasteiger charge is -2.38. The van der Waals surface area contributed by atoms with Crippen molar-refractivity contribution in [1.29, 1.82) is 0 Å². The van der Waals surface area contributed by atoms with Crippen LogP contribution in [0.1, 0.15) is 12.8 Å². The lowest BCUT2D eigenvalue weighted by molar-refractivity contribution is -0.0155. The number of halogens is 1. The van der Waals surface area contributed by atoms with Gasteiger partial charge in [0.15, 0.2) is 5.82 Å². The Hall–Kier alpha value is -3.98. The predicted octanol–water partition coefficient (Wildman–Crippen LogP) is 4.15. The Kier molecular flexibility index (Phi) is 8.84. The highest BCUT2D eigenvalue weighted by Crippen LogP contribution is 2.36. The summed E-state index contributed by atoms with van der Waals surface area (Å²) in [7, 11) is -2.03. The van der Waals surface area contributed by atoms with E-state index in [-0.39, 0.29) is 22.9 Å². The van der Waals surface area contributed by atoms with Crippen LogP contribution in [0.15, 0.2) is 48.8 Å². The summed E-state index contributed by atoms with van der Waals surface area (Å²) in [4.78, 5) is 20.2. The van der Waals surface area contributed by atoms with Gasteiger partial charge in [0.05, 0.1) is 49.2 Å². The lowest BCUT2D eigenvalue weighted by Crippen LogP contribution is -2.46. The van der Waals surface area contributed by atoms with Crippen molar-refractivity contribution >= 4 is 67.2 Å². The Morgan fingerprint density at radius 2 is 1.89 bits per heavy atom. The van der Waals surface area contributed by atoms with Gasteiger partial charge >= 0.3 is 0 Å². The zero-order valence-electron chi connectivity index (χ0n) is 24.4. The van der Waals surface area contributed by atoms with Gasteiger partial charge in [-0.15, -0.1) is 0 Å². The van der Waals surface area contributed by atoms with Crippen molar-refractivity contribution in [3.63, 3.8) is 0 Å². The molecule has 0 bridgehead atoms. The van der Waals surface area contributed by atoms with Crippen LogP contribution in [0.25, 0.3) is 10.9 Å². The molecule has 1 atom stereocenters. The van der Waals surface area contributed by atoms with Gasteiger partial charge in [0, 0.05) is 37.8 Å². The topological polar surface area (TPSA) is 156 Å². The molecular formula is C29H34ClN9O4S. The van der Waals surface area contributed by atoms with Crippen LogP contribution in [0, 0.1) is 5.92 Å². The van der Waals surface area contributed by atoms with Gasteiger partial charge in [-0.3, -0.25) is 9.71 Å². The number of morpholine rings is 1. The van der Waals surface area contributed by atoms with E-state index in [4.69, 9.17) is 26.1 Å². The summed E-state index contributed by atoms with van der Waals surface area (Å²) in [5, 5.41) is 10.6. The van der Waals surface area contributed by atoms with E-state index >= 15 is 0 Å². The van der Waals surface area contributed by atoms with Crippen LogP contribution in [0.3, 0.4) is 0 Å². The van der Waals surface area contributed by atoms with E-state index < -0.39 is 10.0 Å². The fourth-order valence-electron chi connectivity index (χ4n) is 5.56. The predicted molar refractivity (Wildman–Crippen MR) is 172 cm³/mol. The van der Waals surface area contributed by atoms with Gasteiger partial charge in [-0.1, -0.05) is 11.6 Å². The van der Waals surface area contributed by atoms with Crippen molar-refractivity contribution in [3.05, 3.63) is 53.8 Å². The molecule has 1 unspecified atom stereocenters. The highest BCUT2D eigenvalue weighted by Gasteiger charge is 2.29. The summed E-state index contributed by atoms with van der Waals surface area (Å²) < 4.78 is 38.6. The number of hydrogen-bond donors (Lipinski definition) is 4. The molecule has 4 N–H and O–H groups in total. The molecule has 0 amide bonds. The number of fused-ring (bicyclic) bond motifs is 1. The molecule has 13 nitrogen and oxygen atoms in total. The van der Waals surface area contributed by atoms with Crippen molar-refractivity contribution < 1.29 is 17.9 Å². The summed E-state index contributed by atoms with van der Waals surface area (Å²) in [5.74, 6) is 2.29. The fourth-order valence-corrected chi connectivity index (χ4v) is 6.29. The molecule has 232 valence electrons. The van der Waals surface area contributed by atoms with E-state index in [1.165, 1.54) is 6.20 Å². The van der Waals surface area contributed by atoms with Crippen LogP contribution in [-0.4, -0.2) is 80.6 Å². The largest absolute Gasteiger partial charge is 0.479 e. The van der Waals surface area contributed by atoms with Crippen molar-refractivity contribution in [1.82, 2.24) is 25.3 Å². The number of nitrogens with zero attached hydrogens (tertiary/aromatic N) is 5. The first-order chi connectivity index (χ1) is 21.3. The molecule has 3 aromatic heterocycles. The van der Waals surface area contributed by atoms with E-state index in [1.54, 1.807) is 37.6 Å². The van der Waals surface area contributed by atoms with E-state index in [0.29, 0.717) is 39.8 Å². The average Bonchev–Trinajstić information content (AvgIpc) is 3.04. The molecular weight excluding hydrogens is 606 g/mol. The summed E-state index contributed by atoms with van der Waals surface area (Å²) in [6.07, 6.45) is 6.54. The Morgan fingerprint density at radius 3 is 2.64 bits per heavy atom. The van der Waals surface area contributed by atoms with Crippen LogP contribution in [0.5, 0.6) is 5.88 Å². The number of benzene rings is 1. The molecule has 2 aliphatic rings. The molecule has 1 aromatic carbocycles. The number of methoxy groups -OCH3 is 1. The molecule has 0 spiro atoms. The molecule has 5 heterocycles. The van der Waals surface area contributed by atoms with Crippen LogP contribution < -0.4 is 30.3 Å². The minimum atomic E-state index is -3.60. The van der Waals surface area contributed by atoms with Crippen LogP contribution in [-0.2, 0) is 14.8 Å². The first-order valence-electron chi connectivity index (χ1n) is 14.3. The third kappa shape index (κ3) is 6.88. The third-order valence-electron chi connectivity index (χ3n) is 7.70. The number of aromatic nitrogens is 4. The number of piperidine rings is 1. The number of ether oxygens (including phenoxy) is 2. The highest BCUT2D eigenvalue weighted by atomic mass is 35.5. The van der Waals surface area contributed by atoms with Gasteiger partial charge in [0.25, 0.3) is 0 Å². The summed E-state index contributed by atoms with van der Waals surface area (Å²) >= 11 is 6.46. The van der Waals surface area contributed by atoms with Crippen molar-refractivity contribution in [3.8, 4) is 5.88 Å². The third-order valence-corrected chi connectivity index (χ3v) is 8.55. The number of rotatable bonds is 9. The molecule has 0 aliphatic carbocycles. The molecule has 15 heteroatoms. The fraction of sp³-hybridized carbons (Fsp3) is 0.379.